The molecule has 6 heteroatoms. The van der Waals surface area contributed by atoms with Gasteiger partial charge in [0.1, 0.15) is 0 Å². The topological polar surface area (TPSA) is 78.9 Å². The van der Waals surface area contributed by atoms with E-state index in [1.807, 2.05) is 0 Å². The number of carbonyl (C=O) groups excluding carboxylic acids is 3. The molecule has 0 amide bonds. The summed E-state index contributed by atoms with van der Waals surface area (Å²) in [4.78, 5) is 33.7. The Morgan fingerprint density at radius 1 is 1.00 bits per heavy atom. The largest absolute Gasteiger partial charge is 0.466 e. The fourth-order valence-corrected chi connectivity index (χ4v) is 1.22. The second kappa shape index (κ2) is 7.73. The van der Waals surface area contributed by atoms with Crippen molar-refractivity contribution in [3.05, 3.63) is 48.0 Å². The van der Waals surface area contributed by atoms with Gasteiger partial charge < -0.3 is 14.2 Å². The first-order chi connectivity index (χ1) is 9.52. The van der Waals surface area contributed by atoms with Gasteiger partial charge in [-0.25, -0.2) is 14.4 Å². The average molecular weight is 278 g/mol. The third-order valence-electron chi connectivity index (χ3n) is 2.12. The van der Waals surface area contributed by atoms with Crippen LogP contribution in [-0.4, -0.2) is 31.3 Å². The van der Waals surface area contributed by atoms with E-state index in [-0.39, 0.29) is 0 Å². The van der Waals surface area contributed by atoms with Crippen molar-refractivity contribution in [3.8, 4) is 0 Å². The van der Waals surface area contributed by atoms with E-state index < -0.39 is 24.2 Å². The van der Waals surface area contributed by atoms with Crippen molar-refractivity contribution in [2.45, 2.75) is 13.2 Å². The maximum atomic E-state index is 11.6. The maximum Gasteiger partial charge on any atom is 0.341 e. The van der Waals surface area contributed by atoms with E-state index in [2.05, 4.69) is 4.74 Å². The third kappa shape index (κ3) is 5.34. The van der Waals surface area contributed by atoms with E-state index in [0.29, 0.717) is 5.56 Å². The number of benzene rings is 1. The lowest BCUT2D eigenvalue weighted by Gasteiger charge is -2.12. The fraction of sp³-hybridized carbons (Fsp3) is 0.214. The normalized spacial score (nSPS) is 11.7. The van der Waals surface area contributed by atoms with Crippen LogP contribution in [0.5, 0.6) is 0 Å². The molecule has 1 rings (SSSR count). The Morgan fingerprint density at radius 2 is 1.60 bits per heavy atom. The summed E-state index contributed by atoms with van der Waals surface area (Å²) in [5, 5.41) is 0. The summed E-state index contributed by atoms with van der Waals surface area (Å²) >= 11 is 0. The molecule has 0 aliphatic rings. The zero-order valence-corrected chi connectivity index (χ0v) is 11.1. The van der Waals surface area contributed by atoms with Crippen LogP contribution in [0.3, 0.4) is 0 Å². The number of rotatable bonds is 5. The van der Waals surface area contributed by atoms with Gasteiger partial charge in [0, 0.05) is 19.1 Å². The van der Waals surface area contributed by atoms with Crippen LogP contribution in [0.15, 0.2) is 42.5 Å². The van der Waals surface area contributed by atoms with Crippen LogP contribution < -0.4 is 0 Å². The van der Waals surface area contributed by atoms with Gasteiger partial charge >= 0.3 is 17.9 Å². The standard InChI is InChI=1S/C14H14O6/c1-10(19-13(16)9-8-12(15)18-2)20-14(17)11-6-4-3-5-7-11/h3-10H,1-2H3/b9-8+. The zero-order chi connectivity index (χ0) is 15.0. The van der Waals surface area contributed by atoms with Gasteiger partial charge in [0.05, 0.1) is 12.7 Å². The first-order valence-electron chi connectivity index (χ1n) is 5.75. The zero-order valence-electron chi connectivity index (χ0n) is 11.1. The highest BCUT2D eigenvalue weighted by atomic mass is 16.7. The predicted octanol–water partition coefficient (Wildman–Crippen LogP) is 1.46. The SMILES string of the molecule is COC(=O)/C=C/C(=O)OC(C)OC(=O)c1ccccc1. The quantitative estimate of drug-likeness (QED) is 0.461. The molecule has 106 valence electrons. The first kappa shape index (κ1) is 15.4. The van der Waals surface area contributed by atoms with Crippen LogP contribution in [0, 0.1) is 0 Å². The van der Waals surface area contributed by atoms with E-state index in [1.54, 1.807) is 30.3 Å². The molecule has 0 aliphatic heterocycles. The molecule has 1 aromatic carbocycles. The minimum Gasteiger partial charge on any atom is -0.466 e. The Kier molecular flexibility index (Phi) is 5.96. The van der Waals surface area contributed by atoms with E-state index in [0.717, 1.165) is 12.2 Å². The first-order valence-corrected chi connectivity index (χ1v) is 5.75. The molecular formula is C14H14O6. The van der Waals surface area contributed by atoms with Gasteiger partial charge in [0.15, 0.2) is 0 Å². The van der Waals surface area contributed by atoms with Crippen LogP contribution in [0.25, 0.3) is 0 Å². The van der Waals surface area contributed by atoms with E-state index in [4.69, 9.17) is 9.47 Å². The summed E-state index contributed by atoms with van der Waals surface area (Å²) < 4.78 is 14.0. The lowest BCUT2D eigenvalue weighted by molar-refractivity contribution is -0.159. The molecule has 6 nitrogen and oxygen atoms in total. The molecule has 0 radical (unpaired) electrons. The maximum absolute atomic E-state index is 11.6. The lowest BCUT2D eigenvalue weighted by Crippen LogP contribution is -2.21. The van der Waals surface area contributed by atoms with Crippen molar-refractivity contribution in [1.29, 1.82) is 0 Å². The molecule has 0 aliphatic carbocycles. The number of methoxy groups -OCH3 is 1. The Morgan fingerprint density at radius 3 is 2.20 bits per heavy atom. The van der Waals surface area contributed by atoms with Crippen molar-refractivity contribution in [2.75, 3.05) is 7.11 Å². The third-order valence-corrected chi connectivity index (χ3v) is 2.12. The smallest absolute Gasteiger partial charge is 0.341 e. The molecule has 0 heterocycles. The number of carbonyl (C=O) groups is 3. The van der Waals surface area contributed by atoms with Crippen LogP contribution >= 0.6 is 0 Å². The summed E-state index contributed by atoms with van der Waals surface area (Å²) in [5.41, 5.74) is 0.348. The van der Waals surface area contributed by atoms with Crippen LogP contribution in [0.1, 0.15) is 17.3 Å². The molecule has 0 saturated heterocycles. The van der Waals surface area contributed by atoms with Gasteiger partial charge in [0.25, 0.3) is 0 Å². The summed E-state index contributed by atoms with van der Waals surface area (Å²) in [6.45, 7) is 1.39. The molecule has 0 spiro atoms. The minimum atomic E-state index is -1.07. The summed E-state index contributed by atoms with van der Waals surface area (Å²) in [6, 6.07) is 8.29. The highest BCUT2D eigenvalue weighted by molar-refractivity contribution is 5.92. The summed E-state index contributed by atoms with van der Waals surface area (Å²) in [6.07, 6.45) is 0.727. The summed E-state index contributed by atoms with van der Waals surface area (Å²) in [5.74, 6) is -2.11. The van der Waals surface area contributed by atoms with Crippen molar-refractivity contribution in [3.63, 3.8) is 0 Å². The highest BCUT2D eigenvalue weighted by Crippen LogP contribution is 2.05. The Bertz CT molecular complexity index is 506. The van der Waals surface area contributed by atoms with Crippen molar-refractivity contribution < 1.29 is 28.6 Å². The van der Waals surface area contributed by atoms with Crippen LogP contribution in [-0.2, 0) is 23.8 Å². The predicted molar refractivity (Wildman–Crippen MR) is 68.6 cm³/mol. The number of esters is 3. The highest BCUT2D eigenvalue weighted by Gasteiger charge is 2.14. The molecule has 0 fully saturated rings. The summed E-state index contributed by atoms with van der Waals surface area (Å²) in [7, 11) is 1.18. The van der Waals surface area contributed by atoms with Gasteiger partial charge in [-0.3, -0.25) is 0 Å². The van der Waals surface area contributed by atoms with E-state index in [9.17, 15) is 14.4 Å². The molecule has 0 N–H and O–H groups in total. The Balaban J connectivity index is 2.46. The molecule has 20 heavy (non-hydrogen) atoms. The molecule has 1 unspecified atom stereocenters. The van der Waals surface area contributed by atoms with Crippen LogP contribution in [0.4, 0.5) is 0 Å². The number of hydrogen-bond acceptors (Lipinski definition) is 6. The van der Waals surface area contributed by atoms with E-state index in [1.165, 1.54) is 14.0 Å². The molecule has 0 saturated carbocycles. The lowest BCUT2D eigenvalue weighted by atomic mass is 10.2. The van der Waals surface area contributed by atoms with Gasteiger partial charge in [-0.15, -0.1) is 0 Å². The minimum absolute atomic E-state index is 0.348. The van der Waals surface area contributed by atoms with Gasteiger partial charge in [0.2, 0.25) is 6.29 Å². The fourth-order valence-electron chi connectivity index (χ4n) is 1.22. The van der Waals surface area contributed by atoms with Crippen LogP contribution in [0.2, 0.25) is 0 Å². The molecule has 0 aromatic heterocycles. The monoisotopic (exact) mass is 278 g/mol. The van der Waals surface area contributed by atoms with Gasteiger partial charge in [-0.1, -0.05) is 18.2 Å². The average Bonchev–Trinajstić information content (AvgIpc) is 2.45. The van der Waals surface area contributed by atoms with Crippen molar-refractivity contribution in [2.24, 2.45) is 0 Å². The second-order valence-electron chi connectivity index (χ2n) is 3.63. The van der Waals surface area contributed by atoms with Crippen molar-refractivity contribution >= 4 is 17.9 Å². The van der Waals surface area contributed by atoms with E-state index >= 15 is 0 Å². The second-order valence-corrected chi connectivity index (χ2v) is 3.63. The molecule has 1 atom stereocenters. The van der Waals surface area contributed by atoms with Crippen molar-refractivity contribution in [1.82, 2.24) is 0 Å². The van der Waals surface area contributed by atoms with Gasteiger partial charge in [-0.2, -0.15) is 0 Å². The molecule has 1 aromatic rings. The Labute approximate surface area is 115 Å². The number of hydrogen-bond donors (Lipinski definition) is 0. The van der Waals surface area contributed by atoms with Gasteiger partial charge in [-0.05, 0) is 12.1 Å². The Hall–Kier alpha value is -2.63. The molecular weight excluding hydrogens is 264 g/mol. The molecule has 0 bridgehead atoms. The number of ether oxygens (including phenoxy) is 3.